The monoisotopic (exact) mass is 717 g/mol. The lowest BCUT2D eigenvalue weighted by Gasteiger charge is -2.32. The van der Waals surface area contributed by atoms with Crippen LogP contribution in [-0.2, 0) is 33.0 Å². The number of carbonyl (C=O) groups excluding carboxylic acids is 2. The van der Waals surface area contributed by atoms with Gasteiger partial charge in [0.1, 0.15) is 36.2 Å². The SMILES string of the molecule is CNCC(=O)OCc1cccnc1N(C)C(=O)O[C@H](C)[n+]1cnn(C[C@](O)(c2cc(F)ccc2F)[C@@H](C)c2nc(-c3ccc(C#N)cc3)cs2)c1. The summed E-state index contributed by atoms with van der Waals surface area (Å²) in [6.07, 6.45) is 2.65. The Bertz CT molecular complexity index is 2050. The molecule has 0 aliphatic carbocycles. The highest BCUT2D eigenvalue weighted by Gasteiger charge is 2.43. The van der Waals surface area contributed by atoms with E-state index in [0.717, 1.165) is 23.8 Å². The molecule has 0 unspecified atom stereocenters. The second kappa shape index (κ2) is 15.9. The number of pyridine rings is 1. The molecule has 0 spiro atoms. The van der Waals surface area contributed by atoms with Gasteiger partial charge in [-0.2, -0.15) is 9.83 Å². The van der Waals surface area contributed by atoms with Crippen molar-refractivity contribution < 1.29 is 37.5 Å². The van der Waals surface area contributed by atoms with Gasteiger partial charge in [-0.25, -0.2) is 23.5 Å². The zero-order valence-electron chi connectivity index (χ0n) is 28.2. The van der Waals surface area contributed by atoms with Gasteiger partial charge in [0, 0.05) is 53.3 Å². The van der Waals surface area contributed by atoms with E-state index < -0.39 is 41.4 Å². The topological polar surface area (TPSA) is 159 Å². The van der Waals surface area contributed by atoms with Crippen LogP contribution in [0.4, 0.5) is 19.4 Å². The molecule has 0 saturated heterocycles. The highest BCUT2D eigenvalue weighted by Crippen LogP contribution is 2.41. The number of carbonyl (C=O) groups is 2. The number of ether oxygens (including phenoxy) is 2. The van der Waals surface area contributed by atoms with Gasteiger partial charge in [0.25, 0.3) is 6.33 Å². The Morgan fingerprint density at radius 1 is 1.20 bits per heavy atom. The quantitative estimate of drug-likeness (QED) is 0.130. The Hall–Kier alpha value is -5.63. The van der Waals surface area contributed by atoms with Crippen molar-refractivity contribution in [3.05, 3.63) is 112 Å². The number of esters is 1. The number of rotatable bonds is 13. The van der Waals surface area contributed by atoms with Crippen LogP contribution in [0.25, 0.3) is 11.3 Å². The third-order valence-corrected chi connectivity index (χ3v) is 9.20. The third kappa shape index (κ3) is 8.40. The molecule has 5 rings (SSSR count). The zero-order chi connectivity index (χ0) is 36.7. The molecule has 2 N–H and O–H groups in total. The van der Waals surface area contributed by atoms with Crippen LogP contribution >= 0.6 is 11.3 Å². The molecule has 0 fully saturated rings. The predicted octanol–water partition coefficient (Wildman–Crippen LogP) is 4.58. The largest absolute Gasteiger partial charge is 0.460 e. The van der Waals surface area contributed by atoms with E-state index in [2.05, 4.69) is 21.5 Å². The molecular formula is C35H35F2N8O5S+. The van der Waals surface area contributed by atoms with Crippen molar-refractivity contribution in [2.75, 3.05) is 25.5 Å². The molecule has 13 nitrogen and oxygen atoms in total. The molecule has 2 aromatic carbocycles. The van der Waals surface area contributed by atoms with Crippen molar-refractivity contribution in [2.45, 2.75) is 44.7 Å². The number of aliphatic hydroxyl groups is 1. The summed E-state index contributed by atoms with van der Waals surface area (Å²) in [5, 5.41) is 30.6. The summed E-state index contributed by atoms with van der Waals surface area (Å²) in [4.78, 5) is 35.1. The minimum Gasteiger partial charge on any atom is -0.460 e. The van der Waals surface area contributed by atoms with Gasteiger partial charge in [0.05, 0.1) is 28.9 Å². The van der Waals surface area contributed by atoms with Crippen LogP contribution in [0, 0.1) is 23.0 Å². The first-order valence-electron chi connectivity index (χ1n) is 15.7. The first-order valence-corrected chi connectivity index (χ1v) is 16.6. The minimum absolute atomic E-state index is 0.0229. The number of nitrogens with one attached hydrogen (secondary N) is 1. The van der Waals surface area contributed by atoms with E-state index in [1.165, 1.54) is 51.4 Å². The maximum Gasteiger partial charge on any atom is 0.418 e. The Balaban J connectivity index is 1.35. The molecular weight excluding hydrogens is 682 g/mol. The van der Waals surface area contributed by atoms with Gasteiger partial charge in [-0.3, -0.25) is 9.69 Å². The lowest BCUT2D eigenvalue weighted by atomic mass is 9.82. The van der Waals surface area contributed by atoms with Crippen LogP contribution in [0.15, 0.2) is 78.8 Å². The fourth-order valence-corrected chi connectivity index (χ4v) is 6.22. The van der Waals surface area contributed by atoms with Gasteiger partial charge in [0.2, 0.25) is 12.6 Å². The molecule has 0 radical (unpaired) electrons. The van der Waals surface area contributed by atoms with Crippen molar-refractivity contribution in [1.82, 2.24) is 25.1 Å². The second-order valence-electron chi connectivity index (χ2n) is 11.6. The van der Waals surface area contributed by atoms with Gasteiger partial charge in [-0.15, -0.1) is 16.0 Å². The minimum atomic E-state index is -2.04. The predicted molar refractivity (Wildman–Crippen MR) is 181 cm³/mol. The zero-order valence-corrected chi connectivity index (χ0v) is 29.0. The lowest BCUT2D eigenvalue weighted by molar-refractivity contribution is -0.753. The Labute approximate surface area is 296 Å². The number of likely N-dealkylation sites (N-methyl/N-ethyl adjacent to an activating group) is 1. The Kier molecular flexibility index (Phi) is 11.4. The lowest BCUT2D eigenvalue weighted by Crippen LogP contribution is -2.42. The molecule has 0 aliphatic heterocycles. The van der Waals surface area contributed by atoms with Gasteiger partial charge in [-0.05, 0) is 43.4 Å². The van der Waals surface area contributed by atoms with Gasteiger partial charge >= 0.3 is 12.1 Å². The van der Waals surface area contributed by atoms with Crippen molar-refractivity contribution >= 4 is 29.2 Å². The number of nitriles is 1. The smallest absolute Gasteiger partial charge is 0.418 e. The van der Waals surface area contributed by atoms with E-state index in [1.807, 2.05) is 0 Å². The molecule has 3 atom stereocenters. The van der Waals surface area contributed by atoms with Gasteiger partial charge in [-0.1, -0.05) is 25.1 Å². The van der Waals surface area contributed by atoms with Crippen LogP contribution in [0.1, 0.15) is 47.7 Å². The van der Waals surface area contributed by atoms with E-state index in [9.17, 15) is 19.1 Å². The number of hydrogen-bond donors (Lipinski definition) is 2. The third-order valence-electron chi connectivity index (χ3n) is 8.18. The number of anilines is 1. The summed E-state index contributed by atoms with van der Waals surface area (Å²) >= 11 is 1.25. The van der Waals surface area contributed by atoms with Crippen LogP contribution in [0.3, 0.4) is 0 Å². The maximum atomic E-state index is 15.3. The van der Waals surface area contributed by atoms with Crippen molar-refractivity contribution in [1.29, 1.82) is 5.26 Å². The standard InChI is InChI=1S/C35H35F2N8O5S/c1-22(33-42-30(18-51-33)25-9-7-24(15-38)8-10-25)35(48,28-14-27(36)11-12-29(28)37)19-45-21-44(20-41-45)23(2)50-34(47)43(4)32-26(6-5-13-40-32)17-49-31(46)16-39-3/h5-14,18,20-23,39,48H,16-17,19H2,1-4H3/q+1/t22-,23+,35+/m0/s1. The summed E-state index contributed by atoms with van der Waals surface area (Å²) < 4.78 is 43.5. The summed E-state index contributed by atoms with van der Waals surface area (Å²) in [5.41, 5.74) is 0.000750. The fourth-order valence-electron chi connectivity index (χ4n) is 5.25. The molecule has 3 heterocycles. The molecule has 1 amide bonds. The van der Waals surface area contributed by atoms with Gasteiger partial charge < -0.3 is 19.9 Å². The molecule has 0 bridgehead atoms. The average molecular weight is 718 g/mol. The molecule has 0 aliphatic rings. The van der Waals surface area contributed by atoms with E-state index in [0.29, 0.717) is 21.8 Å². The van der Waals surface area contributed by atoms with Crippen LogP contribution in [0.2, 0.25) is 0 Å². The molecule has 3 aromatic heterocycles. The number of aromatic nitrogens is 5. The molecule has 0 saturated carbocycles. The molecule has 5 aromatic rings. The first kappa shape index (κ1) is 36.6. The van der Waals surface area contributed by atoms with E-state index in [4.69, 9.17) is 19.7 Å². The fraction of sp³-hybridized carbons (Fsp3) is 0.286. The summed E-state index contributed by atoms with van der Waals surface area (Å²) in [6, 6.07) is 15.1. The highest BCUT2D eigenvalue weighted by molar-refractivity contribution is 7.10. The summed E-state index contributed by atoms with van der Waals surface area (Å²) in [5.74, 6) is -2.64. The summed E-state index contributed by atoms with van der Waals surface area (Å²) in [7, 11) is 3.08. The number of amides is 1. The average Bonchev–Trinajstić information content (AvgIpc) is 3.82. The normalized spacial score (nSPS) is 13.5. The van der Waals surface area contributed by atoms with Crippen LogP contribution < -0.4 is 14.8 Å². The van der Waals surface area contributed by atoms with Crippen molar-refractivity contribution in [3.63, 3.8) is 0 Å². The molecule has 264 valence electrons. The Morgan fingerprint density at radius 3 is 2.69 bits per heavy atom. The number of halogens is 2. The molecule has 16 heteroatoms. The van der Waals surface area contributed by atoms with Crippen molar-refractivity contribution in [3.8, 4) is 17.3 Å². The van der Waals surface area contributed by atoms with Crippen LogP contribution in [-0.4, -0.2) is 57.6 Å². The van der Waals surface area contributed by atoms with Crippen molar-refractivity contribution in [2.24, 2.45) is 0 Å². The van der Waals surface area contributed by atoms with E-state index in [-0.39, 0.29) is 31.1 Å². The number of thiazole rings is 1. The second-order valence-corrected chi connectivity index (χ2v) is 12.5. The number of hydrogen-bond acceptors (Lipinski definition) is 11. The Morgan fingerprint density at radius 2 is 1.96 bits per heavy atom. The first-order chi connectivity index (χ1) is 24.4. The van der Waals surface area contributed by atoms with E-state index in [1.54, 1.807) is 62.7 Å². The maximum absolute atomic E-state index is 15.3. The summed E-state index contributed by atoms with van der Waals surface area (Å²) in [6.45, 7) is 2.85. The number of nitrogens with zero attached hydrogens (tertiary/aromatic N) is 7. The highest BCUT2D eigenvalue weighted by atomic mass is 32.1. The molecule has 51 heavy (non-hydrogen) atoms. The van der Waals surface area contributed by atoms with E-state index >= 15 is 4.39 Å². The van der Waals surface area contributed by atoms with Crippen LogP contribution in [0.5, 0.6) is 0 Å². The number of benzene rings is 2. The van der Waals surface area contributed by atoms with Gasteiger partial charge in [0.15, 0.2) is 0 Å².